The highest BCUT2D eigenvalue weighted by molar-refractivity contribution is 5.74. The second kappa shape index (κ2) is 8.56. The summed E-state index contributed by atoms with van der Waals surface area (Å²) in [6.45, 7) is 10.6. The summed E-state index contributed by atoms with van der Waals surface area (Å²) in [7, 11) is 1.69. The van der Waals surface area contributed by atoms with Crippen LogP contribution in [0.1, 0.15) is 33.6 Å². The predicted molar refractivity (Wildman–Crippen MR) is 76.0 cm³/mol. The highest BCUT2D eigenvalue weighted by Crippen LogP contribution is 2.14. The van der Waals surface area contributed by atoms with E-state index in [1.807, 2.05) is 20.8 Å². The van der Waals surface area contributed by atoms with Gasteiger partial charge in [0.15, 0.2) is 0 Å². The maximum atomic E-state index is 11.8. The Labute approximate surface area is 115 Å². The van der Waals surface area contributed by atoms with Crippen LogP contribution in [0.2, 0.25) is 0 Å². The summed E-state index contributed by atoms with van der Waals surface area (Å²) in [5, 5.41) is 11.6. The van der Waals surface area contributed by atoms with Crippen molar-refractivity contribution in [1.82, 2.24) is 10.2 Å². The summed E-state index contributed by atoms with van der Waals surface area (Å²) < 4.78 is 0. The van der Waals surface area contributed by atoms with E-state index in [0.29, 0.717) is 19.0 Å². The van der Waals surface area contributed by atoms with Crippen LogP contribution in [0.3, 0.4) is 0 Å². The van der Waals surface area contributed by atoms with Gasteiger partial charge in [0.05, 0.1) is 0 Å². The van der Waals surface area contributed by atoms with Gasteiger partial charge >= 0.3 is 12.0 Å². The van der Waals surface area contributed by atoms with Gasteiger partial charge in [-0.15, -0.1) is 0 Å². The summed E-state index contributed by atoms with van der Waals surface area (Å²) in [6.07, 6.45) is 0.874. The highest BCUT2D eigenvalue weighted by atomic mass is 16.4. The highest BCUT2D eigenvalue weighted by Gasteiger charge is 2.17. The molecule has 0 aromatic rings. The fourth-order valence-corrected chi connectivity index (χ4v) is 2.00. The normalized spacial score (nSPS) is 12.1. The van der Waals surface area contributed by atoms with Crippen LogP contribution in [0, 0.1) is 11.8 Å². The number of carboxylic acid groups (broad SMARTS) is 1. The third-order valence-corrected chi connectivity index (χ3v) is 2.66. The first-order chi connectivity index (χ1) is 8.72. The molecule has 0 aliphatic rings. The number of carbonyl (C=O) groups excluding carboxylic acids is 1. The number of hydrogen-bond acceptors (Lipinski definition) is 2. The molecule has 0 rings (SSSR count). The minimum absolute atomic E-state index is 0.0281. The van der Waals surface area contributed by atoms with Crippen LogP contribution >= 0.6 is 0 Å². The number of carboxylic acids is 1. The molecule has 0 saturated carbocycles. The van der Waals surface area contributed by atoms with Gasteiger partial charge in [0, 0.05) is 26.6 Å². The maximum Gasteiger partial charge on any atom is 0.317 e. The van der Waals surface area contributed by atoms with Crippen LogP contribution in [-0.4, -0.2) is 42.1 Å². The van der Waals surface area contributed by atoms with Crippen LogP contribution in [-0.2, 0) is 4.79 Å². The largest absolute Gasteiger partial charge is 0.481 e. The zero-order chi connectivity index (χ0) is 15.0. The third kappa shape index (κ3) is 9.11. The lowest BCUT2D eigenvalue weighted by atomic mass is 9.94. The van der Waals surface area contributed by atoms with Crippen LogP contribution in [0.4, 0.5) is 4.79 Å². The Morgan fingerprint density at radius 2 is 1.95 bits per heavy atom. The summed E-state index contributed by atoms with van der Waals surface area (Å²) in [5.74, 6) is -0.440. The Morgan fingerprint density at radius 1 is 1.37 bits per heavy atom. The molecule has 1 atom stereocenters. The van der Waals surface area contributed by atoms with Gasteiger partial charge in [0.1, 0.15) is 0 Å². The lowest BCUT2D eigenvalue weighted by Crippen LogP contribution is -2.40. The van der Waals surface area contributed by atoms with Gasteiger partial charge in [0.2, 0.25) is 0 Å². The average molecular weight is 270 g/mol. The Morgan fingerprint density at radius 3 is 2.37 bits per heavy atom. The van der Waals surface area contributed by atoms with Crippen molar-refractivity contribution < 1.29 is 14.7 Å². The molecule has 110 valence electrons. The zero-order valence-electron chi connectivity index (χ0n) is 12.4. The fourth-order valence-electron chi connectivity index (χ4n) is 2.00. The molecule has 0 saturated heterocycles. The number of aliphatic carboxylic acids is 1. The van der Waals surface area contributed by atoms with Crippen molar-refractivity contribution in [3.8, 4) is 0 Å². The van der Waals surface area contributed by atoms with Crippen molar-refractivity contribution in [2.75, 3.05) is 20.1 Å². The molecule has 0 radical (unpaired) electrons. The van der Waals surface area contributed by atoms with Crippen LogP contribution in [0.25, 0.3) is 0 Å². The minimum atomic E-state index is -0.824. The van der Waals surface area contributed by atoms with Gasteiger partial charge in [-0.05, 0) is 25.2 Å². The first-order valence-electron chi connectivity index (χ1n) is 6.57. The van der Waals surface area contributed by atoms with Crippen molar-refractivity contribution in [3.63, 3.8) is 0 Å². The van der Waals surface area contributed by atoms with Gasteiger partial charge in [-0.3, -0.25) is 4.79 Å². The topological polar surface area (TPSA) is 69.6 Å². The number of carbonyl (C=O) groups is 2. The van der Waals surface area contributed by atoms with Crippen LogP contribution < -0.4 is 5.32 Å². The molecule has 0 fully saturated rings. The van der Waals surface area contributed by atoms with Gasteiger partial charge in [0.25, 0.3) is 0 Å². The van der Waals surface area contributed by atoms with Gasteiger partial charge in [-0.1, -0.05) is 26.0 Å². The Bertz CT molecular complexity index is 327. The summed E-state index contributed by atoms with van der Waals surface area (Å²) in [6, 6.07) is -0.192. The summed E-state index contributed by atoms with van der Waals surface area (Å²) >= 11 is 0. The quantitative estimate of drug-likeness (QED) is 0.665. The molecular weight excluding hydrogens is 244 g/mol. The zero-order valence-corrected chi connectivity index (χ0v) is 12.4. The van der Waals surface area contributed by atoms with E-state index in [4.69, 9.17) is 5.11 Å². The number of hydrogen-bond donors (Lipinski definition) is 2. The third-order valence-electron chi connectivity index (χ3n) is 2.66. The summed E-state index contributed by atoms with van der Waals surface area (Å²) in [5.41, 5.74) is 0.905. The monoisotopic (exact) mass is 270 g/mol. The first kappa shape index (κ1) is 17.5. The van der Waals surface area contributed by atoms with E-state index in [2.05, 4.69) is 11.9 Å². The molecule has 0 heterocycles. The van der Waals surface area contributed by atoms with Crippen molar-refractivity contribution in [2.45, 2.75) is 33.6 Å². The van der Waals surface area contributed by atoms with E-state index in [9.17, 15) is 9.59 Å². The molecule has 0 aliphatic heterocycles. The Balaban J connectivity index is 4.25. The first-order valence-corrected chi connectivity index (χ1v) is 6.57. The molecule has 0 bridgehead atoms. The van der Waals surface area contributed by atoms with Gasteiger partial charge in [-0.2, -0.15) is 0 Å². The molecule has 2 amide bonds. The standard InChI is InChI=1S/C14H26N2O3/c1-10(2)6-12(7-13(17)18)8-15-14(19)16(5)9-11(3)4/h10,12H,3,6-9H2,1-2,4-5H3,(H,15,19)(H,17,18). The number of amides is 2. The molecule has 0 aliphatic carbocycles. The number of urea groups is 1. The minimum Gasteiger partial charge on any atom is -0.481 e. The lowest BCUT2D eigenvalue weighted by molar-refractivity contribution is -0.138. The molecule has 0 spiro atoms. The smallest absolute Gasteiger partial charge is 0.317 e. The summed E-state index contributed by atoms with van der Waals surface area (Å²) in [4.78, 5) is 24.1. The van der Waals surface area contributed by atoms with E-state index in [0.717, 1.165) is 12.0 Å². The average Bonchev–Trinajstić information content (AvgIpc) is 2.22. The molecule has 0 aromatic carbocycles. The fraction of sp³-hybridized carbons (Fsp3) is 0.714. The Kier molecular flexibility index (Phi) is 7.87. The number of nitrogens with one attached hydrogen (secondary N) is 1. The van der Waals surface area contributed by atoms with E-state index in [1.54, 1.807) is 7.05 Å². The maximum absolute atomic E-state index is 11.8. The molecule has 19 heavy (non-hydrogen) atoms. The SMILES string of the molecule is C=C(C)CN(C)C(=O)NCC(CC(=O)O)CC(C)C. The number of likely N-dealkylation sites (N-methyl/N-ethyl adjacent to an activating group) is 1. The van der Waals surface area contributed by atoms with Gasteiger partial charge in [-0.25, -0.2) is 4.79 Å². The Hall–Kier alpha value is -1.52. The van der Waals surface area contributed by atoms with E-state index in [-0.39, 0.29) is 18.4 Å². The lowest BCUT2D eigenvalue weighted by Gasteiger charge is -2.21. The molecule has 5 nitrogen and oxygen atoms in total. The van der Waals surface area contributed by atoms with E-state index < -0.39 is 5.97 Å². The number of rotatable bonds is 8. The molecular formula is C14H26N2O3. The van der Waals surface area contributed by atoms with E-state index in [1.165, 1.54) is 4.90 Å². The molecule has 5 heteroatoms. The van der Waals surface area contributed by atoms with Crippen LogP contribution in [0.15, 0.2) is 12.2 Å². The second-order valence-corrected chi connectivity index (χ2v) is 5.59. The molecule has 1 unspecified atom stereocenters. The molecule has 0 aromatic heterocycles. The number of nitrogens with zero attached hydrogens (tertiary/aromatic N) is 1. The van der Waals surface area contributed by atoms with Crippen LogP contribution in [0.5, 0.6) is 0 Å². The van der Waals surface area contributed by atoms with Crippen molar-refractivity contribution in [3.05, 3.63) is 12.2 Å². The predicted octanol–water partition coefficient (Wildman–Crippen LogP) is 2.34. The van der Waals surface area contributed by atoms with Crippen molar-refractivity contribution >= 4 is 12.0 Å². The molecule has 2 N–H and O–H groups in total. The van der Waals surface area contributed by atoms with Gasteiger partial charge < -0.3 is 15.3 Å². The second-order valence-electron chi connectivity index (χ2n) is 5.59. The van der Waals surface area contributed by atoms with Crippen molar-refractivity contribution in [1.29, 1.82) is 0 Å². The van der Waals surface area contributed by atoms with E-state index >= 15 is 0 Å². The van der Waals surface area contributed by atoms with Crippen molar-refractivity contribution in [2.24, 2.45) is 11.8 Å².